The van der Waals surface area contributed by atoms with Crippen LogP contribution in [0.1, 0.15) is 15.9 Å². The Morgan fingerprint density at radius 1 is 1.16 bits per heavy atom. The Kier molecular flexibility index (Phi) is 4.71. The summed E-state index contributed by atoms with van der Waals surface area (Å²) >= 11 is 3.33. The van der Waals surface area contributed by atoms with E-state index in [1.807, 2.05) is 12.1 Å². The Morgan fingerprint density at radius 2 is 1.89 bits per heavy atom. The highest BCUT2D eigenvalue weighted by atomic mass is 79.9. The van der Waals surface area contributed by atoms with Gasteiger partial charge in [-0.15, -0.1) is 0 Å². The molecular formula is C15H13BrO3. The van der Waals surface area contributed by atoms with Crippen LogP contribution in [0.15, 0.2) is 53.0 Å². The molecule has 0 atom stereocenters. The molecule has 2 rings (SSSR count). The van der Waals surface area contributed by atoms with Crippen molar-refractivity contribution in [3.05, 3.63) is 64.1 Å². The van der Waals surface area contributed by atoms with Gasteiger partial charge in [0.05, 0.1) is 6.61 Å². The number of aliphatic hydroxyl groups excluding tert-OH is 1. The first kappa shape index (κ1) is 13.8. The van der Waals surface area contributed by atoms with E-state index in [1.54, 1.807) is 36.4 Å². The lowest BCUT2D eigenvalue weighted by molar-refractivity contribution is 0.0921. The number of aliphatic hydroxyl groups is 1. The van der Waals surface area contributed by atoms with E-state index in [2.05, 4.69) is 15.9 Å². The largest absolute Gasteiger partial charge is 0.485 e. The maximum absolute atomic E-state index is 11.9. The molecule has 2 aromatic carbocycles. The maximum atomic E-state index is 11.9. The van der Waals surface area contributed by atoms with Gasteiger partial charge in [0, 0.05) is 10.0 Å². The number of carbonyl (C=O) groups excluding carboxylic acids is 1. The van der Waals surface area contributed by atoms with E-state index in [1.165, 1.54) is 0 Å². The average molecular weight is 321 g/mol. The van der Waals surface area contributed by atoms with Gasteiger partial charge in [-0.05, 0) is 29.8 Å². The number of benzene rings is 2. The van der Waals surface area contributed by atoms with Gasteiger partial charge in [-0.1, -0.05) is 40.2 Å². The van der Waals surface area contributed by atoms with Crippen molar-refractivity contribution in [1.29, 1.82) is 0 Å². The topological polar surface area (TPSA) is 46.5 Å². The fourth-order valence-corrected chi connectivity index (χ4v) is 1.98. The summed E-state index contributed by atoms with van der Waals surface area (Å²) in [5, 5.41) is 8.92. The standard InChI is InChI=1S/C15H13BrO3/c16-13-3-1-2-12(8-13)15(18)10-19-14-6-4-11(9-17)5-7-14/h1-8,17H,9-10H2. The van der Waals surface area contributed by atoms with Crippen molar-refractivity contribution in [3.8, 4) is 5.75 Å². The zero-order valence-corrected chi connectivity index (χ0v) is 11.8. The minimum Gasteiger partial charge on any atom is -0.485 e. The number of carbonyl (C=O) groups is 1. The Morgan fingerprint density at radius 3 is 2.53 bits per heavy atom. The SMILES string of the molecule is O=C(COc1ccc(CO)cc1)c1cccc(Br)c1. The molecule has 98 valence electrons. The normalized spacial score (nSPS) is 10.2. The molecule has 0 aliphatic rings. The van der Waals surface area contributed by atoms with Crippen LogP contribution in [-0.2, 0) is 6.61 Å². The highest BCUT2D eigenvalue weighted by Crippen LogP contribution is 2.15. The molecule has 0 saturated heterocycles. The molecule has 0 fully saturated rings. The molecule has 3 nitrogen and oxygen atoms in total. The molecule has 0 spiro atoms. The van der Waals surface area contributed by atoms with Crippen molar-refractivity contribution in [2.75, 3.05) is 6.61 Å². The number of ether oxygens (including phenoxy) is 1. The van der Waals surface area contributed by atoms with Gasteiger partial charge >= 0.3 is 0 Å². The quantitative estimate of drug-likeness (QED) is 0.860. The predicted molar refractivity (Wildman–Crippen MR) is 76.3 cm³/mol. The summed E-state index contributed by atoms with van der Waals surface area (Å²) in [6, 6.07) is 14.2. The van der Waals surface area contributed by atoms with Crippen LogP contribution in [0.4, 0.5) is 0 Å². The Balaban J connectivity index is 1.96. The van der Waals surface area contributed by atoms with E-state index < -0.39 is 0 Å². The highest BCUT2D eigenvalue weighted by Gasteiger charge is 2.07. The lowest BCUT2D eigenvalue weighted by atomic mass is 10.1. The average Bonchev–Trinajstić information content (AvgIpc) is 2.45. The lowest BCUT2D eigenvalue weighted by Gasteiger charge is -2.06. The Bertz CT molecular complexity index is 564. The van der Waals surface area contributed by atoms with Gasteiger partial charge in [0.15, 0.2) is 12.4 Å². The van der Waals surface area contributed by atoms with Crippen LogP contribution in [0.25, 0.3) is 0 Å². The summed E-state index contributed by atoms with van der Waals surface area (Å²) < 4.78 is 6.28. The molecule has 0 bridgehead atoms. The predicted octanol–water partition coefficient (Wildman–Crippen LogP) is 3.20. The summed E-state index contributed by atoms with van der Waals surface area (Å²) in [5.74, 6) is 0.535. The molecule has 0 amide bonds. The first-order valence-corrected chi connectivity index (χ1v) is 6.59. The van der Waals surface area contributed by atoms with Gasteiger partial charge in [0.25, 0.3) is 0 Å². The van der Waals surface area contributed by atoms with Crippen molar-refractivity contribution in [1.82, 2.24) is 0 Å². The molecule has 19 heavy (non-hydrogen) atoms. The summed E-state index contributed by atoms with van der Waals surface area (Å²) in [7, 11) is 0. The van der Waals surface area contributed by atoms with Gasteiger partial charge in [0.1, 0.15) is 5.75 Å². The van der Waals surface area contributed by atoms with E-state index in [0.29, 0.717) is 11.3 Å². The van der Waals surface area contributed by atoms with Crippen molar-refractivity contribution in [2.45, 2.75) is 6.61 Å². The van der Waals surface area contributed by atoms with Crippen molar-refractivity contribution in [3.63, 3.8) is 0 Å². The van der Waals surface area contributed by atoms with Crippen LogP contribution in [0, 0.1) is 0 Å². The fourth-order valence-electron chi connectivity index (χ4n) is 1.59. The zero-order chi connectivity index (χ0) is 13.7. The summed E-state index contributed by atoms with van der Waals surface area (Å²) in [6.07, 6.45) is 0. The van der Waals surface area contributed by atoms with Crippen LogP contribution in [0.2, 0.25) is 0 Å². The number of hydrogen-bond donors (Lipinski definition) is 1. The van der Waals surface area contributed by atoms with Gasteiger partial charge in [-0.2, -0.15) is 0 Å². The smallest absolute Gasteiger partial charge is 0.200 e. The van der Waals surface area contributed by atoms with Crippen LogP contribution in [0.3, 0.4) is 0 Å². The van der Waals surface area contributed by atoms with E-state index >= 15 is 0 Å². The molecule has 4 heteroatoms. The van der Waals surface area contributed by atoms with E-state index in [0.717, 1.165) is 10.0 Å². The third-order valence-electron chi connectivity index (χ3n) is 2.62. The second-order valence-electron chi connectivity index (χ2n) is 4.02. The van der Waals surface area contributed by atoms with Crippen LogP contribution >= 0.6 is 15.9 Å². The molecular weight excluding hydrogens is 308 g/mol. The minimum atomic E-state index is -0.0764. The van der Waals surface area contributed by atoms with E-state index in [4.69, 9.17) is 9.84 Å². The van der Waals surface area contributed by atoms with Gasteiger partial charge in [0.2, 0.25) is 0 Å². The van der Waals surface area contributed by atoms with E-state index in [-0.39, 0.29) is 19.0 Å². The molecule has 0 aliphatic heterocycles. The second-order valence-corrected chi connectivity index (χ2v) is 4.94. The number of ketones is 1. The van der Waals surface area contributed by atoms with Gasteiger partial charge < -0.3 is 9.84 Å². The molecule has 1 N–H and O–H groups in total. The lowest BCUT2D eigenvalue weighted by Crippen LogP contribution is -2.11. The summed E-state index contributed by atoms with van der Waals surface area (Å²) in [4.78, 5) is 11.9. The Hall–Kier alpha value is -1.65. The zero-order valence-electron chi connectivity index (χ0n) is 10.2. The monoisotopic (exact) mass is 320 g/mol. The van der Waals surface area contributed by atoms with E-state index in [9.17, 15) is 4.79 Å². The van der Waals surface area contributed by atoms with Crippen molar-refractivity contribution in [2.24, 2.45) is 0 Å². The Labute approximate surface area is 120 Å². The molecule has 2 aromatic rings. The van der Waals surface area contributed by atoms with Crippen molar-refractivity contribution < 1.29 is 14.6 Å². The van der Waals surface area contributed by atoms with Gasteiger partial charge in [-0.25, -0.2) is 0 Å². The first-order chi connectivity index (χ1) is 9.19. The van der Waals surface area contributed by atoms with Crippen molar-refractivity contribution >= 4 is 21.7 Å². The number of rotatable bonds is 5. The summed E-state index contributed by atoms with van der Waals surface area (Å²) in [6.45, 7) is -0.00776. The first-order valence-electron chi connectivity index (χ1n) is 5.80. The van der Waals surface area contributed by atoms with Crippen LogP contribution in [0.5, 0.6) is 5.75 Å². The third-order valence-corrected chi connectivity index (χ3v) is 3.12. The molecule has 0 aliphatic carbocycles. The number of Topliss-reactive ketones (excluding diaryl/α,β-unsaturated/α-hetero) is 1. The maximum Gasteiger partial charge on any atom is 0.200 e. The number of hydrogen-bond acceptors (Lipinski definition) is 3. The highest BCUT2D eigenvalue weighted by molar-refractivity contribution is 9.10. The minimum absolute atomic E-state index is 0.00273. The fraction of sp³-hybridized carbons (Fsp3) is 0.133. The molecule has 0 heterocycles. The second kappa shape index (κ2) is 6.50. The van der Waals surface area contributed by atoms with Crippen LogP contribution < -0.4 is 4.74 Å². The molecule has 0 radical (unpaired) electrons. The van der Waals surface area contributed by atoms with Gasteiger partial charge in [-0.3, -0.25) is 4.79 Å². The third kappa shape index (κ3) is 3.91. The molecule has 0 saturated carbocycles. The summed E-state index contributed by atoms with van der Waals surface area (Å²) in [5.41, 5.74) is 1.42. The molecule has 0 unspecified atom stereocenters. The van der Waals surface area contributed by atoms with Crippen LogP contribution in [-0.4, -0.2) is 17.5 Å². The number of halogens is 1. The molecule has 0 aromatic heterocycles.